The van der Waals surface area contributed by atoms with E-state index in [-0.39, 0.29) is 12.1 Å². The zero-order valence-corrected chi connectivity index (χ0v) is 11.4. The van der Waals surface area contributed by atoms with Crippen LogP contribution in [0.2, 0.25) is 0 Å². The lowest BCUT2D eigenvalue weighted by atomic mass is 10.1. The summed E-state index contributed by atoms with van der Waals surface area (Å²) in [5.74, 6) is 4.63. The molecule has 0 saturated carbocycles. The molecule has 0 aliphatic carbocycles. The Labute approximate surface area is 115 Å². The van der Waals surface area contributed by atoms with Crippen LogP contribution in [0.3, 0.4) is 0 Å². The van der Waals surface area contributed by atoms with Gasteiger partial charge in [0, 0.05) is 6.54 Å². The van der Waals surface area contributed by atoms with Crippen molar-refractivity contribution in [2.24, 2.45) is 5.84 Å². The van der Waals surface area contributed by atoms with Gasteiger partial charge in [-0.05, 0) is 31.0 Å². The molecule has 0 spiro atoms. The van der Waals surface area contributed by atoms with Crippen molar-refractivity contribution in [2.75, 3.05) is 18.5 Å². The molecule has 1 aromatic carbocycles. The fourth-order valence-electron chi connectivity index (χ4n) is 1.87. The fourth-order valence-corrected chi connectivity index (χ4v) is 1.87. The first-order valence-electron chi connectivity index (χ1n) is 6.21. The van der Waals surface area contributed by atoms with Gasteiger partial charge in [0.05, 0.1) is 11.3 Å². The molecule has 0 aliphatic heterocycles. The Morgan fingerprint density at radius 1 is 1.40 bits per heavy atom. The van der Waals surface area contributed by atoms with Crippen LogP contribution in [-0.4, -0.2) is 30.1 Å². The number of halogens is 3. The molecule has 20 heavy (non-hydrogen) atoms. The average Bonchev–Trinajstić information content (AvgIpc) is 2.35. The highest BCUT2D eigenvalue weighted by Crippen LogP contribution is 2.22. The van der Waals surface area contributed by atoms with E-state index in [1.165, 1.54) is 6.07 Å². The molecule has 0 unspecified atom stereocenters. The van der Waals surface area contributed by atoms with Gasteiger partial charge in [0.25, 0.3) is 5.91 Å². The number of nitrogens with two attached hydrogens (primary N) is 1. The lowest BCUT2D eigenvalue weighted by Gasteiger charge is -2.24. The number of amides is 1. The van der Waals surface area contributed by atoms with Gasteiger partial charge in [-0.2, -0.15) is 13.2 Å². The summed E-state index contributed by atoms with van der Waals surface area (Å²) < 4.78 is 37.6. The van der Waals surface area contributed by atoms with Crippen molar-refractivity contribution in [1.82, 2.24) is 4.90 Å². The van der Waals surface area contributed by atoms with Crippen molar-refractivity contribution in [3.05, 3.63) is 29.3 Å². The molecule has 0 saturated heterocycles. The molecular formula is C13H18F3N3O. The molecule has 4 nitrogen and oxygen atoms in total. The standard InChI is InChI=1S/C13H18F3N3O/c1-3-6-19(8-13(14,15)16)12(20)10-5-4-9(2)7-11(10)18-17/h4-5,7,18H,3,6,8,17H2,1-2H3. The predicted molar refractivity (Wildman–Crippen MR) is 71.2 cm³/mol. The van der Waals surface area contributed by atoms with Crippen LogP contribution in [0.15, 0.2) is 18.2 Å². The van der Waals surface area contributed by atoms with Crippen molar-refractivity contribution < 1.29 is 18.0 Å². The van der Waals surface area contributed by atoms with Gasteiger partial charge in [0.15, 0.2) is 0 Å². The van der Waals surface area contributed by atoms with Crippen LogP contribution in [-0.2, 0) is 0 Å². The number of carbonyl (C=O) groups is 1. The molecule has 0 radical (unpaired) electrons. The van der Waals surface area contributed by atoms with E-state index >= 15 is 0 Å². The van der Waals surface area contributed by atoms with E-state index in [4.69, 9.17) is 5.84 Å². The van der Waals surface area contributed by atoms with Gasteiger partial charge in [-0.15, -0.1) is 0 Å². The maximum atomic E-state index is 12.5. The number of hydrogen-bond acceptors (Lipinski definition) is 3. The van der Waals surface area contributed by atoms with E-state index in [0.717, 1.165) is 10.5 Å². The van der Waals surface area contributed by atoms with Crippen molar-refractivity contribution in [3.8, 4) is 0 Å². The first-order valence-corrected chi connectivity index (χ1v) is 6.21. The van der Waals surface area contributed by atoms with E-state index < -0.39 is 18.6 Å². The van der Waals surface area contributed by atoms with Crippen LogP contribution in [0.25, 0.3) is 0 Å². The summed E-state index contributed by atoms with van der Waals surface area (Å²) in [5, 5.41) is 0. The number of nitrogens with zero attached hydrogens (tertiary/aromatic N) is 1. The summed E-state index contributed by atoms with van der Waals surface area (Å²) in [5.41, 5.74) is 3.66. The van der Waals surface area contributed by atoms with Crippen LogP contribution in [0.1, 0.15) is 29.3 Å². The number of nitrogens with one attached hydrogen (secondary N) is 1. The molecule has 112 valence electrons. The zero-order valence-electron chi connectivity index (χ0n) is 11.4. The highest BCUT2D eigenvalue weighted by molar-refractivity contribution is 5.99. The van der Waals surface area contributed by atoms with Gasteiger partial charge < -0.3 is 10.3 Å². The van der Waals surface area contributed by atoms with E-state index in [9.17, 15) is 18.0 Å². The number of anilines is 1. The summed E-state index contributed by atoms with van der Waals surface area (Å²) in [6.45, 7) is 2.29. The van der Waals surface area contributed by atoms with Gasteiger partial charge >= 0.3 is 6.18 Å². The van der Waals surface area contributed by atoms with Gasteiger partial charge in [0.1, 0.15) is 6.54 Å². The molecule has 1 aromatic rings. The van der Waals surface area contributed by atoms with Crippen LogP contribution >= 0.6 is 0 Å². The largest absolute Gasteiger partial charge is 0.406 e. The molecule has 7 heteroatoms. The van der Waals surface area contributed by atoms with Gasteiger partial charge in [0.2, 0.25) is 0 Å². The predicted octanol–water partition coefficient (Wildman–Crippen LogP) is 2.70. The molecule has 0 fully saturated rings. The monoisotopic (exact) mass is 289 g/mol. The Morgan fingerprint density at radius 3 is 2.55 bits per heavy atom. The highest BCUT2D eigenvalue weighted by Gasteiger charge is 2.33. The van der Waals surface area contributed by atoms with Crippen molar-refractivity contribution in [2.45, 2.75) is 26.4 Å². The van der Waals surface area contributed by atoms with E-state index in [1.54, 1.807) is 26.0 Å². The molecule has 0 aliphatic rings. The van der Waals surface area contributed by atoms with Crippen LogP contribution in [0.5, 0.6) is 0 Å². The average molecular weight is 289 g/mol. The minimum absolute atomic E-state index is 0.0379. The molecule has 3 N–H and O–H groups in total. The second kappa shape index (κ2) is 6.60. The second-order valence-corrected chi connectivity index (χ2v) is 4.54. The maximum Gasteiger partial charge on any atom is 0.406 e. The first-order chi connectivity index (χ1) is 9.28. The lowest BCUT2D eigenvalue weighted by Crippen LogP contribution is -2.39. The summed E-state index contributed by atoms with van der Waals surface area (Å²) in [6.07, 6.45) is -3.98. The molecular weight excluding hydrogens is 271 g/mol. The topological polar surface area (TPSA) is 58.4 Å². The Balaban J connectivity index is 3.06. The third kappa shape index (κ3) is 4.41. The lowest BCUT2D eigenvalue weighted by molar-refractivity contribution is -0.140. The Morgan fingerprint density at radius 2 is 2.05 bits per heavy atom. The number of alkyl halides is 3. The summed E-state index contributed by atoms with van der Waals surface area (Å²) in [6, 6.07) is 4.75. The first kappa shape index (κ1) is 16.3. The number of carbonyl (C=O) groups excluding carboxylic acids is 1. The van der Waals surface area contributed by atoms with Crippen LogP contribution < -0.4 is 11.3 Å². The SMILES string of the molecule is CCCN(CC(F)(F)F)C(=O)c1ccc(C)cc1NN. The quantitative estimate of drug-likeness (QED) is 0.647. The molecule has 1 amide bonds. The summed E-state index contributed by atoms with van der Waals surface area (Å²) in [4.78, 5) is 13.0. The Kier molecular flexibility index (Phi) is 5.38. The van der Waals surface area contributed by atoms with Crippen LogP contribution in [0.4, 0.5) is 18.9 Å². The third-order valence-corrected chi connectivity index (χ3v) is 2.71. The third-order valence-electron chi connectivity index (χ3n) is 2.71. The van der Waals surface area contributed by atoms with E-state index in [2.05, 4.69) is 5.43 Å². The van der Waals surface area contributed by atoms with Crippen LogP contribution in [0, 0.1) is 6.92 Å². The maximum absolute atomic E-state index is 12.5. The number of rotatable bonds is 5. The fraction of sp³-hybridized carbons (Fsp3) is 0.462. The highest BCUT2D eigenvalue weighted by atomic mass is 19.4. The normalized spacial score (nSPS) is 11.3. The minimum Gasteiger partial charge on any atom is -0.329 e. The van der Waals surface area contributed by atoms with E-state index in [1.807, 2.05) is 0 Å². The molecule has 0 heterocycles. The number of hydrogen-bond donors (Lipinski definition) is 2. The smallest absolute Gasteiger partial charge is 0.329 e. The van der Waals surface area contributed by atoms with Gasteiger partial charge in [-0.3, -0.25) is 10.6 Å². The number of benzene rings is 1. The molecule has 0 atom stereocenters. The number of aryl methyl sites for hydroxylation is 1. The zero-order chi connectivity index (χ0) is 15.3. The Hall–Kier alpha value is -1.76. The van der Waals surface area contributed by atoms with E-state index in [0.29, 0.717) is 12.1 Å². The molecule has 1 rings (SSSR count). The second-order valence-electron chi connectivity index (χ2n) is 4.54. The Bertz CT molecular complexity index is 474. The summed E-state index contributed by atoms with van der Waals surface area (Å²) >= 11 is 0. The van der Waals surface area contributed by atoms with Crippen molar-refractivity contribution in [1.29, 1.82) is 0 Å². The van der Waals surface area contributed by atoms with Crippen molar-refractivity contribution in [3.63, 3.8) is 0 Å². The van der Waals surface area contributed by atoms with Gasteiger partial charge in [-0.1, -0.05) is 13.0 Å². The molecule has 0 aromatic heterocycles. The number of nitrogen functional groups attached to an aromatic ring is 1. The van der Waals surface area contributed by atoms with Gasteiger partial charge in [-0.25, -0.2) is 0 Å². The number of hydrazine groups is 1. The van der Waals surface area contributed by atoms with Crippen molar-refractivity contribution >= 4 is 11.6 Å². The molecule has 0 bridgehead atoms. The summed E-state index contributed by atoms with van der Waals surface area (Å²) in [7, 11) is 0. The minimum atomic E-state index is -4.42.